The summed E-state index contributed by atoms with van der Waals surface area (Å²) in [7, 11) is 1.32. The molecular formula is C35H42N4O6. The van der Waals surface area contributed by atoms with E-state index < -0.39 is 29.4 Å². The van der Waals surface area contributed by atoms with E-state index in [2.05, 4.69) is 16.0 Å². The highest BCUT2D eigenvalue weighted by molar-refractivity contribution is 6.00. The van der Waals surface area contributed by atoms with Gasteiger partial charge >= 0.3 is 12.2 Å². The number of nitrogens with zero attached hydrogens (tertiary/aromatic N) is 1. The van der Waals surface area contributed by atoms with Crippen LogP contribution >= 0.6 is 0 Å². The van der Waals surface area contributed by atoms with Gasteiger partial charge in [-0.1, -0.05) is 60.7 Å². The highest BCUT2D eigenvalue weighted by atomic mass is 16.6. The number of amides is 4. The van der Waals surface area contributed by atoms with E-state index >= 15 is 0 Å². The molecule has 1 aliphatic heterocycles. The summed E-state index contributed by atoms with van der Waals surface area (Å²) in [5, 5.41) is 8.41. The lowest BCUT2D eigenvalue weighted by molar-refractivity contribution is -0.128. The lowest BCUT2D eigenvalue weighted by Gasteiger charge is -2.29. The van der Waals surface area contributed by atoms with Crippen LogP contribution in [0, 0.1) is 0 Å². The van der Waals surface area contributed by atoms with Crippen LogP contribution in [0.3, 0.4) is 0 Å². The van der Waals surface area contributed by atoms with E-state index in [-0.39, 0.29) is 18.2 Å². The maximum Gasteiger partial charge on any atom is 0.411 e. The van der Waals surface area contributed by atoms with Crippen molar-refractivity contribution in [2.45, 2.75) is 77.6 Å². The number of carbonyl (C=O) groups excluding carboxylic acids is 4. The summed E-state index contributed by atoms with van der Waals surface area (Å²) in [6, 6.07) is 22.3. The monoisotopic (exact) mass is 614 g/mol. The van der Waals surface area contributed by atoms with Crippen molar-refractivity contribution in [3.05, 3.63) is 83.9 Å². The number of aryl methyl sites for hydroxylation is 1. The van der Waals surface area contributed by atoms with Crippen LogP contribution in [0.5, 0.6) is 0 Å². The molecule has 0 spiro atoms. The Kier molecular flexibility index (Phi) is 10.2. The minimum Gasteiger partial charge on any atom is -0.453 e. The number of benzene rings is 3. The summed E-state index contributed by atoms with van der Waals surface area (Å²) < 4.78 is 10.1. The van der Waals surface area contributed by atoms with Gasteiger partial charge in [0.05, 0.1) is 19.3 Å². The third-order valence-corrected chi connectivity index (χ3v) is 7.28. The molecule has 238 valence electrons. The van der Waals surface area contributed by atoms with E-state index in [0.29, 0.717) is 25.1 Å². The summed E-state index contributed by atoms with van der Waals surface area (Å²) in [5.41, 5.74) is 3.51. The second-order valence-electron chi connectivity index (χ2n) is 12.8. The van der Waals surface area contributed by atoms with Gasteiger partial charge in [-0.15, -0.1) is 0 Å². The van der Waals surface area contributed by atoms with E-state index in [0.717, 1.165) is 27.9 Å². The molecule has 10 heteroatoms. The Morgan fingerprint density at radius 3 is 2.24 bits per heavy atom. The SMILES string of the molecule is COC(=O)Nc1ccccc1-c1ccc(CN2C(=O)[C@H](NC(=O)CC(C)(C)NC(=O)OC(C)(C)C)CCc3ccccc32)cc1. The fourth-order valence-electron chi connectivity index (χ4n) is 5.26. The van der Waals surface area contributed by atoms with Gasteiger partial charge in [0.1, 0.15) is 11.6 Å². The van der Waals surface area contributed by atoms with Gasteiger partial charge in [-0.25, -0.2) is 9.59 Å². The van der Waals surface area contributed by atoms with Gasteiger partial charge in [-0.2, -0.15) is 0 Å². The van der Waals surface area contributed by atoms with Gasteiger partial charge in [0, 0.05) is 23.2 Å². The van der Waals surface area contributed by atoms with E-state index in [4.69, 9.17) is 9.47 Å². The third kappa shape index (κ3) is 9.07. The van der Waals surface area contributed by atoms with Crippen LogP contribution < -0.4 is 20.9 Å². The number of ether oxygens (including phenoxy) is 2. The Morgan fingerprint density at radius 1 is 0.889 bits per heavy atom. The number of methoxy groups -OCH3 is 1. The van der Waals surface area contributed by atoms with Gasteiger partial charge in [-0.05, 0) is 76.3 Å². The predicted octanol–water partition coefficient (Wildman–Crippen LogP) is 6.19. The van der Waals surface area contributed by atoms with Gasteiger partial charge in [0.15, 0.2) is 0 Å². The van der Waals surface area contributed by atoms with Crippen molar-refractivity contribution in [3.63, 3.8) is 0 Å². The average Bonchev–Trinajstić information content (AvgIpc) is 3.08. The van der Waals surface area contributed by atoms with Gasteiger partial charge < -0.3 is 25.0 Å². The molecule has 3 aromatic carbocycles. The molecule has 10 nitrogen and oxygen atoms in total. The van der Waals surface area contributed by atoms with Crippen molar-refractivity contribution in [2.75, 3.05) is 17.3 Å². The van der Waals surface area contributed by atoms with Gasteiger partial charge in [0.2, 0.25) is 11.8 Å². The molecule has 4 rings (SSSR count). The molecule has 3 N–H and O–H groups in total. The number of para-hydroxylation sites is 2. The smallest absolute Gasteiger partial charge is 0.411 e. The van der Waals surface area contributed by atoms with Crippen LogP contribution in [0.15, 0.2) is 72.8 Å². The van der Waals surface area contributed by atoms with Crippen molar-refractivity contribution < 1.29 is 28.7 Å². The molecule has 0 saturated carbocycles. The Morgan fingerprint density at radius 2 is 1.56 bits per heavy atom. The van der Waals surface area contributed by atoms with Crippen LogP contribution in [-0.4, -0.2) is 48.3 Å². The number of anilines is 2. The van der Waals surface area contributed by atoms with Crippen molar-refractivity contribution in [2.24, 2.45) is 0 Å². The Labute approximate surface area is 264 Å². The predicted molar refractivity (Wildman–Crippen MR) is 174 cm³/mol. The highest BCUT2D eigenvalue weighted by Gasteiger charge is 2.33. The summed E-state index contributed by atoms with van der Waals surface area (Å²) in [6.07, 6.45) is -0.132. The van der Waals surface area contributed by atoms with Crippen LogP contribution in [0.1, 0.15) is 58.6 Å². The van der Waals surface area contributed by atoms with Crippen LogP contribution in [0.25, 0.3) is 11.1 Å². The minimum absolute atomic E-state index is 0.0310. The standard InChI is InChI=1S/C35H42N4O6/c1-34(2,3)45-33(43)38-35(4,5)21-30(40)36-28-20-19-25-11-7-10-14-29(25)39(31(28)41)22-23-15-17-24(18-16-23)26-12-8-9-13-27(26)37-32(42)44-6/h7-18,28H,19-22H2,1-6H3,(H,36,40)(H,37,42)(H,38,43)/t28-/m1/s1. The van der Waals surface area contributed by atoms with E-state index in [1.165, 1.54) is 7.11 Å². The molecule has 0 fully saturated rings. The Hall–Kier alpha value is -4.86. The molecule has 1 aliphatic rings. The maximum atomic E-state index is 14.0. The molecule has 3 aromatic rings. The summed E-state index contributed by atoms with van der Waals surface area (Å²) >= 11 is 0. The van der Waals surface area contributed by atoms with Crippen molar-refractivity contribution in [1.82, 2.24) is 10.6 Å². The molecule has 1 atom stereocenters. The van der Waals surface area contributed by atoms with E-state index in [1.807, 2.05) is 66.7 Å². The van der Waals surface area contributed by atoms with Crippen molar-refractivity contribution in [3.8, 4) is 11.1 Å². The number of alkyl carbamates (subject to hydrolysis) is 1. The first-order valence-corrected chi connectivity index (χ1v) is 15.0. The molecule has 4 amide bonds. The van der Waals surface area contributed by atoms with Gasteiger partial charge in [0.25, 0.3) is 0 Å². The number of fused-ring (bicyclic) bond motifs is 1. The molecule has 0 saturated heterocycles. The first kappa shape index (κ1) is 33.0. The average molecular weight is 615 g/mol. The Bertz CT molecular complexity index is 1540. The van der Waals surface area contributed by atoms with Crippen LogP contribution in [0.4, 0.5) is 21.0 Å². The normalized spacial score (nSPS) is 14.9. The molecule has 0 radical (unpaired) electrons. The number of rotatable bonds is 8. The second kappa shape index (κ2) is 13.8. The number of hydrogen-bond donors (Lipinski definition) is 3. The summed E-state index contributed by atoms with van der Waals surface area (Å²) in [6.45, 7) is 9.09. The number of hydrogen-bond acceptors (Lipinski definition) is 6. The summed E-state index contributed by atoms with van der Waals surface area (Å²) in [5.74, 6) is -0.549. The van der Waals surface area contributed by atoms with E-state index in [1.54, 1.807) is 45.6 Å². The molecule has 0 aliphatic carbocycles. The lowest BCUT2D eigenvalue weighted by atomic mass is 9.99. The van der Waals surface area contributed by atoms with Crippen molar-refractivity contribution >= 4 is 35.4 Å². The molecule has 45 heavy (non-hydrogen) atoms. The maximum absolute atomic E-state index is 14.0. The topological polar surface area (TPSA) is 126 Å². The summed E-state index contributed by atoms with van der Waals surface area (Å²) in [4.78, 5) is 53.0. The largest absolute Gasteiger partial charge is 0.453 e. The first-order chi connectivity index (χ1) is 21.2. The fraction of sp³-hybridized carbons (Fsp3) is 0.371. The second-order valence-corrected chi connectivity index (χ2v) is 12.8. The first-order valence-electron chi connectivity index (χ1n) is 15.0. The molecular weight excluding hydrogens is 572 g/mol. The Balaban J connectivity index is 1.50. The lowest BCUT2D eigenvalue weighted by Crippen LogP contribution is -2.52. The zero-order chi connectivity index (χ0) is 32.8. The molecule has 0 unspecified atom stereocenters. The fourth-order valence-corrected chi connectivity index (χ4v) is 5.26. The number of nitrogens with one attached hydrogen (secondary N) is 3. The van der Waals surface area contributed by atoms with Gasteiger partial charge in [-0.3, -0.25) is 14.9 Å². The van der Waals surface area contributed by atoms with E-state index in [9.17, 15) is 19.2 Å². The molecule has 0 bridgehead atoms. The third-order valence-electron chi connectivity index (χ3n) is 7.28. The highest BCUT2D eigenvalue weighted by Crippen LogP contribution is 2.31. The minimum atomic E-state index is -0.893. The van der Waals surface area contributed by atoms with Crippen LogP contribution in [0.2, 0.25) is 0 Å². The van der Waals surface area contributed by atoms with Crippen LogP contribution in [-0.2, 0) is 32.0 Å². The zero-order valence-corrected chi connectivity index (χ0v) is 26.7. The molecule has 1 heterocycles. The number of carbonyl (C=O) groups is 4. The quantitative estimate of drug-likeness (QED) is 0.278. The molecule has 0 aromatic heterocycles. The van der Waals surface area contributed by atoms with Crippen molar-refractivity contribution in [1.29, 1.82) is 0 Å². The zero-order valence-electron chi connectivity index (χ0n) is 26.7.